The summed E-state index contributed by atoms with van der Waals surface area (Å²) in [4.78, 5) is 40.5. The number of hydrogen-bond donors (Lipinski definition) is 0. The van der Waals surface area contributed by atoms with Crippen LogP contribution >= 0.6 is 0 Å². The first kappa shape index (κ1) is 27.9. The molecule has 0 atom stereocenters. The lowest BCUT2D eigenvalue weighted by molar-refractivity contribution is -0.384. The number of nitro groups is 1. The molecule has 1 aliphatic carbocycles. The normalized spacial score (nSPS) is 13.6. The van der Waals surface area contributed by atoms with E-state index in [1.54, 1.807) is 0 Å². The van der Waals surface area contributed by atoms with Gasteiger partial charge in [0, 0.05) is 35.6 Å². The lowest BCUT2D eigenvalue weighted by atomic mass is 9.71. The molecule has 0 N–H and O–H groups in total. The van der Waals surface area contributed by atoms with Gasteiger partial charge in [0.05, 0.1) is 10.6 Å². The van der Waals surface area contributed by atoms with Crippen LogP contribution in [0.4, 0.5) is 5.69 Å². The fraction of sp³-hybridized carbons (Fsp3) is 0.344. The second-order valence-corrected chi connectivity index (χ2v) is 10.5. The zero-order valence-corrected chi connectivity index (χ0v) is 23.1. The Hall–Kier alpha value is -4.13. The van der Waals surface area contributed by atoms with Crippen LogP contribution in [-0.4, -0.2) is 22.4 Å². The maximum absolute atomic E-state index is 13.4. The van der Waals surface area contributed by atoms with Crippen LogP contribution in [0.2, 0.25) is 0 Å². The monoisotopic (exact) mass is 526 g/mol. The Labute approximate surface area is 229 Å². The van der Waals surface area contributed by atoms with Crippen LogP contribution in [0, 0.1) is 16.0 Å². The SMILES string of the molecule is CCCC1(CCC)c2cc(C(=O)c3ccc([N+](=O)[O-])cc3)ccc2-c2ccc(/C(=N/OC(C)=O)C(C)C)cc21. The third kappa shape index (κ3) is 5.26. The van der Waals surface area contributed by atoms with Gasteiger partial charge in [-0.3, -0.25) is 14.9 Å². The first-order valence-electron chi connectivity index (χ1n) is 13.5. The molecule has 7 nitrogen and oxygen atoms in total. The van der Waals surface area contributed by atoms with Crippen molar-refractivity contribution >= 4 is 23.2 Å². The molecule has 0 radical (unpaired) electrons. The molecule has 0 saturated heterocycles. The molecule has 1 aliphatic rings. The molecule has 0 aliphatic heterocycles. The number of rotatable bonds is 10. The molecule has 0 fully saturated rings. The first-order chi connectivity index (χ1) is 18.6. The van der Waals surface area contributed by atoms with Gasteiger partial charge < -0.3 is 4.84 Å². The van der Waals surface area contributed by atoms with E-state index in [2.05, 4.69) is 31.1 Å². The van der Waals surface area contributed by atoms with Gasteiger partial charge in [0.25, 0.3) is 5.69 Å². The number of oxime groups is 1. The summed E-state index contributed by atoms with van der Waals surface area (Å²) in [6.07, 6.45) is 3.75. The minimum Gasteiger partial charge on any atom is -0.318 e. The molecule has 0 amide bonds. The summed E-state index contributed by atoms with van der Waals surface area (Å²) in [6.45, 7) is 9.72. The molecule has 0 bridgehead atoms. The Balaban J connectivity index is 1.84. The molecule has 0 saturated carbocycles. The summed E-state index contributed by atoms with van der Waals surface area (Å²) in [6, 6.07) is 17.9. The summed E-state index contributed by atoms with van der Waals surface area (Å²) in [5.41, 5.74) is 6.86. The second kappa shape index (κ2) is 11.3. The number of non-ortho nitro benzene ring substituents is 1. The summed E-state index contributed by atoms with van der Waals surface area (Å²) < 4.78 is 0. The lowest BCUT2D eigenvalue weighted by Gasteiger charge is -2.32. The molecule has 4 rings (SSSR count). The molecule has 0 heterocycles. The van der Waals surface area contributed by atoms with Gasteiger partial charge in [-0.1, -0.05) is 70.0 Å². The van der Waals surface area contributed by atoms with E-state index in [9.17, 15) is 19.7 Å². The predicted molar refractivity (Wildman–Crippen MR) is 152 cm³/mol. The third-order valence-corrected chi connectivity index (χ3v) is 7.43. The maximum atomic E-state index is 13.4. The number of nitro benzene ring substituents is 1. The van der Waals surface area contributed by atoms with Crippen molar-refractivity contribution in [3.05, 3.63) is 98.6 Å². The van der Waals surface area contributed by atoms with Gasteiger partial charge >= 0.3 is 5.97 Å². The van der Waals surface area contributed by atoms with Gasteiger partial charge in [-0.15, -0.1) is 0 Å². The average molecular weight is 527 g/mol. The zero-order valence-electron chi connectivity index (χ0n) is 23.1. The van der Waals surface area contributed by atoms with E-state index < -0.39 is 10.9 Å². The number of nitrogens with zero attached hydrogens (tertiary/aromatic N) is 2. The molecule has 0 unspecified atom stereocenters. The molecule has 7 heteroatoms. The molecule has 0 aromatic heterocycles. The predicted octanol–water partition coefficient (Wildman–Crippen LogP) is 7.62. The number of hydrogen-bond acceptors (Lipinski definition) is 6. The molecule has 3 aromatic rings. The summed E-state index contributed by atoms with van der Waals surface area (Å²) >= 11 is 0. The van der Waals surface area contributed by atoms with E-state index >= 15 is 0 Å². The molecular formula is C32H34N2O5. The summed E-state index contributed by atoms with van der Waals surface area (Å²) in [5, 5.41) is 15.2. The minimum absolute atomic E-state index is 0.0452. The van der Waals surface area contributed by atoms with Crippen molar-refractivity contribution in [2.24, 2.45) is 11.1 Å². The topological polar surface area (TPSA) is 98.9 Å². The lowest BCUT2D eigenvalue weighted by Crippen LogP contribution is -2.26. The number of fused-ring (bicyclic) bond motifs is 3. The van der Waals surface area contributed by atoms with Crippen LogP contribution in [0.1, 0.15) is 92.9 Å². The molecular weight excluding hydrogens is 492 g/mol. The second-order valence-electron chi connectivity index (χ2n) is 10.5. The van der Waals surface area contributed by atoms with Crippen LogP contribution in [0.15, 0.2) is 65.8 Å². The van der Waals surface area contributed by atoms with Crippen LogP contribution in [0.25, 0.3) is 11.1 Å². The summed E-state index contributed by atoms with van der Waals surface area (Å²) in [5.74, 6) is -0.580. The largest absolute Gasteiger partial charge is 0.331 e. The van der Waals surface area contributed by atoms with Gasteiger partial charge in [-0.05, 0) is 70.8 Å². The average Bonchev–Trinajstić information content (AvgIpc) is 3.17. The third-order valence-electron chi connectivity index (χ3n) is 7.43. The maximum Gasteiger partial charge on any atom is 0.331 e. The van der Waals surface area contributed by atoms with E-state index in [4.69, 9.17) is 4.84 Å². The molecule has 202 valence electrons. The van der Waals surface area contributed by atoms with Crippen molar-refractivity contribution < 1.29 is 19.3 Å². The highest BCUT2D eigenvalue weighted by Crippen LogP contribution is 2.54. The van der Waals surface area contributed by atoms with E-state index in [1.807, 2.05) is 38.1 Å². The Morgan fingerprint density at radius 2 is 1.38 bits per heavy atom. The van der Waals surface area contributed by atoms with Crippen molar-refractivity contribution in [2.75, 3.05) is 0 Å². The molecule has 0 spiro atoms. The van der Waals surface area contributed by atoms with Crippen molar-refractivity contribution in [2.45, 2.75) is 65.7 Å². The van der Waals surface area contributed by atoms with Crippen molar-refractivity contribution in [3.63, 3.8) is 0 Å². The molecule has 39 heavy (non-hydrogen) atoms. The van der Waals surface area contributed by atoms with Crippen LogP contribution in [0.3, 0.4) is 0 Å². The van der Waals surface area contributed by atoms with Gasteiger partial charge in [-0.2, -0.15) is 0 Å². The quantitative estimate of drug-likeness (QED) is 0.0890. The van der Waals surface area contributed by atoms with E-state index in [1.165, 1.54) is 36.8 Å². The van der Waals surface area contributed by atoms with Crippen molar-refractivity contribution in [1.82, 2.24) is 0 Å². The number of carbonyl (C=O) groups excluding carboxylic acids is 2. The number of benzene rings is 3. The van der Waals surface area contributed by atoms with Crippen LogP contribution in [-0.2, 0) is 15.0 Å². The standard InChI is InChI=1S/C32H34N2O5/c1-6-16-32(17-7-2)28-18-23(30(20(3)4)33-39-21(5)35)10-14-26(28)27-15-11-24(19-29(27)32)31(36)22-8-12-25(13-9-22)34(37)38/h8-15,18-20H,6-7,16-17H2,1-5H3/b33-30+. The highest BCUT2D eigenvalue weighted by molar-refractivity contribution is 6.10. The van der Waals surface area contributed by atoms with Crippen LogP contribution < -0.4 is 0 Å². The Morgan fingerprint density at radius 1 is 0.872 bits per heavy atom. The molecule has 3 aromatic carbocycles. The van der Waals surface area contributed by atoms with Crippen LogP contribution in [0.5, 0.6) is 0 Å². The summed E-state index contributed by atoms with van der Waals surface area (Å²) in [7, 11) is 0. The Bertz CT molecular complexity index is 1450. The minimum atomic E-state index is -0.472. The van der Waals surface area contributed by atoms with Crippen molar-refractivity contribution in [1.29, 1.82) is 0 Å². The van der Waals surface area contributed by atoms with E-state index in [-0.39, 0.29) is 22.8 Å². The Morgan fingerprint density at radius 3 is 1.87 bits per heavy atom. The fourth-order valence-electron chi connectivity index (χ4n) is 5.82. The number of ketones is 1. The zero-order chi connectivity index (χ0) is 28.3. The van der Waals surface area contributed by atoms with E-state index in [0.29, 0.717) is 16.8 Å². The van der Waals surface area contributed by atoms with Crippen molar-refractivity contribution in [3.8, 4) is 11.1 Å². The fourth-order valence-corrected chi connectivity index (χ4v) is 5.82. The van der Waals surface area contributed by atoms with Gasteiger partial charge in [0.1, 0.15) is 0 Å². The van der Waals surface area contributed by atoms with Gasteiger partial charge in [0.2, 0.25) is 0 Å². The highest BCUT2D eigenvalue weighted by Gasteiger charge is 2.42. The van der Waals surface area contributed by atoms with E-state index in [0.717, 1.165) is 47.9 Å². The smallest absolute Gasteiger partial charge is 0.318 e. The first-order valence-corrected chi connectivity index (χ1v) is 13.5. The Kier molecular flexibility index (Phi) is 8.09. The van der Waals surface area contributed by atoms with Gasteiger partial charge in [-0.25, -0.2) is 4.79 Å². The highest BCUT2D eigenvalue weighted by atomic mass is 16.7. The number of carbonyl (C=O) groups is 2. The van der Waals surface area contributed by atoms with Gasteiger partial charge in [0.15, 0.2) is 5.78 Å².